The average molecular weight is 356 g/mol. The summed E-state index contributed by atoms with van der Waals surface area (Å²) in [5, 5.41) is 11.1. The van der Waals surface area contributed by atoms with Crippen molar-refractivity contribution in [3.05, 3.63) is 106 Å². The zero-order valence-corrected chi connectivity index (χ0v) is 14.6. The van der Waals surface area contributed by atoms with Crippen molar-refractivity contribution in [3.8, 4) is 0 Å². The van der Waals surface area contributed by atoms with Crippen LogP contribution in [0, 0.1) is 10.1 Å². The number of nitro benzene ring substituents is 1. The molecule has 0 saturated heterocycles. The molecule has 4 rings (SSSR count). The van der Waals surface area contributed by atoms with Crippen LogP contribution in [0.15, 0.2) is 78.9 Å². The maximum absolute atomic E-state index is 13.1. The number of hydrogen-bond donors (Lipinski definition) is 0. The highest BCUT2D eigenvalue weighted by Crippen LogP contribution is 2.43. The van der Waals surface area contributed by atoms with Crippen molar-refractivity contribution in [3.63, 3.8) is 0 Å². The van der Waals surface area contributed by atoms with Crippen molar-refractivity contribution in [2.45, 2.75) is 0 Å². The second-order valence-electron chi connectivity index (χ2n) is 6.30. The van der Waals surface area contributed by atoms with Gasteiger partial charge in [0.2, 0.25) is 0 Å². The van der Waals surface area contributed by atoms with Gasteiger partial charge in [0.1, 0.15) is 0 Å². The lowest BCUT2D eigenvalue weighted by atomic mass is 9.90. The Morgan fingerprint density at radius 1 is 0.889 bits per heavy atom. The Bertz CT molecular complexity index is 1030. The predicted molar refractivity (Wildman–Crippen MR) is 105 cm³/mol. The SMILES string of the molecule is CN1C(=O)C(=C(c2ccccc2)c2ccccc2)c2ccc([N+](=O)[O-])cc21. The van der Waals surface area contributed by atoms with Gasteiger partial charge in [0.05, 0.1) is 16.2 Å². The van der Waals surface area contributed by atoms with Crippen LogP contribution < -0.4 is 4.90 Å². The van der Waals surface area contributed by atoms with Gasteiger partial charge in [-0.15, -0.1) is 0 Å². The van der Waals surface area contributed by atoms with E-state index in [4.69, 9.17) is 0 Å². The molecule has 0 aliphatic carbocycles. The largest absolute Gasteiger partial charge is 0.311 e. The van der Waals surface area contributed by atoms with E-state index in [9.17, 15) is 14.9 Å². The molecule has 0 aromatic heterocycles. The van der Waals surface area contributed by atoms with Crippen LogP contribution in [0.4, 0.5) is 11.4 Å². The Labute approximate surface area is 156 Å². The lowest BCUT2D eigenvalue weighted by molar-refractivity contribution is -0.384. The van der Waals surface area contributed by atoms with Crippen molar-refractivity contribution in [2.24, 2.45) is 0 Å². The van der Waals surface area contributed by atoms with Gasteiger partial charge in [0, 0.05) is 30.3 Å². The van der Waals surface area contributed by atoms with Gasteiger partial charge in [-0.3, -0.25) is 14.9 Å². The number of carbonyl (C=O) groups is 1. The first-order chi connectivity index (χ1) is 13.1. The Kier molecular flexibility index (Phi) is 4.05. The van der Waals surface area contributed by atoms with E-state index in [1.165, 1.54) is 17.0 Å². The topological polar surface area (TPSA) is 63.5 Å². The minimum Gasteiger partial charge on any atom is -0.311 e. The molecule has 5 nitrogen and oxygen atoms in total. The van der Waals surface area contributed by atoms with E-state index in [1.54, 1.807) is 13.1 Å². The molecule has 0 saturated carbocycles. The summed E-state index contributed by atoms with van der Waals surface area (Å²) < 4.78 is 0. The standard InChI is InChI=1S/C22H16N2O3/c1-23-19-14-17(24(26)27)12-13-18(19)21(22(23)25)20(15-8-4-2-5-9-15)16-10-6-3-7-11-16/h2-14H,1H3. The molecule has 132 valence electrons. The minimum atomic E-state index is -0.449. The highest BCUT2D eigenvalue weighted by molar-refractivity contribution is 6.38. The molecule has 0 fully saturated rings. The van der Waals surface area contributed by atoms with E-state index in [-0.39, 0.29) is 11.6 Å². The second kappa shape index (κ2) is 6.53. The molecular formula is C22H16N2O3. The van der Waals surface area contributed by atoms with Gasteiger partial charge in [-0.05, 0) is 17.2 Å². The van der Waals surface area contributed by atoms with Crippen molar-refractivity contribution in [2.75, 3.05) is 11.9 Å². The zero-order chi connectivity index (χ0) is 19.0. The quantitative estimate of drug-likeness (QED) is 0.393. The number of nitro groups is 1. The summed E-state index contributed by atoms with van der Waals surface area (Å²) >= 11 is 0. The number of rotatable bonds is 3. The van der Waals surface area contributed by atoms with Crippen molar-refractivity contribution in [1.29, 1.82) is 0 Å². The molecule has 0 unspecified atom stereocenters. The molecule has 1 aliphatic rings. The van der Waals surface area contributed by atoms with Gasteiger partial charge in [-0.1, -0.05) is 60.7 Å². The van der Waals surface area contributed by atoms with E-state index < -0.39 is 4.92 Å². The van der Waals surface area contributed by atoms with Crippen LogP contribution in [0.5, 0.6) is 0 Å². The molecule has 3 aromatic rings. The van der Waals surface area contributed by atoms with Gasteiger partial charge in [0.15, 0.2) is 0 Å². The third kappa shape index (κ3) is 2.79. The number of carbonyl (C=O) groups excluding carboxylic acids is 1. The smallest absolute Gasteiger partial charge is 0.271 e. The fourth-order valence-corrected chi connectivity index (χ4v) is 3.42. The lowest BCUT2D eigenvalue weighted by Crippen LogP contribution is -2.21. The first-order valence-electron chi connectivity index (χ1n) is 8.50. The highest BCUT2D eigenvalue weighted by atomic mass is 16.6. The Morgan fingerprint density at radius 2 is 1.44 bits per heavy atom. The van der Waals surface area contributed by atoms with Crippen molar-refractivity contribution in [1.82, 2.24) is 0 Å². The van der Waals surface area contributed by atoms with Crippen LogP contribution in [0.3, 0.4) is 0 Å². The van der Waals surface area contributed by atoms with Gasteiger partial charge >= 0.3 is 0 Å². The molecule has 0 N–H and O–H groups in total. The molecule has 1 amide bonds. The fourth-order valence-electron chi connectivity index (χ4n) is 3.42. The van der Waals surface area contributed by atoms with Gasteiger partial charge in [0.25, 0.3) is 11.6 Å². The first kappa shape index (κ1) is 16.7. The number of nitrogens with zero attached hydrogens (tertiary/aromatic N) is 2. The van der Waals surface area contributed by atoms with Crippen molar-refractivity contribution < 1.29 is 9.72 Å². The minimum absolute atomic E-state index is 0.0318. The maximum Gasteiger partial charge on any atom is 0.271 e. The van der Waals surface area contributed by atoms with Gasteiger partial charge < -0.3 is 4.90 Å². The Hall–Kier alpha value is -3.73. The summed E-state index contributed by atoms with van der Waals surface area (Å²) in [7, 11) is 1.64. The molecule has 0 bridgehead atoms. The molecule has 1 aliphatic heterocycles. The summed E-state index contributed by atoms with van der Waals surface area (Å²) in [6, 6.07) is 24.0. The Balaban J connectivity index is 2.04. The number of non-ortho nitro benzene ring substituents is 1. The summed E-state index contributed by atoms with van der Waals surface area (Å²) in [4.78, 5) is 25.3. The van der Waals surface area contributed by atoms with Gasteiger partial charge in [-0.25, -0.2) is 0 Å². The maximum atomic E-state index is 13.1. The molecule has 5 heteroatoms. The van der Waals surface area contributed by atoms with Gasteiger partial charge in [-0.2, -0.15) is 0 Å². The third-order valence-electron chi connectivity index (χ3n) is 4.72. The average Bonchev–Trinajstić information content (AvgIpc) is 2.95. The number of hydrogen-bond acceptors (Lipinski definition) is 3. The summed E-state index contributed by atoms with van der Waals surface area (Å²) in [6.07, 6.45) is 0. The monoisotopic (exact) mass is 356 g/mol. The van der Waals surface area contributed by atoms with E-state index >= 15 is 0 Å². The Morgan fingerprint density at radius 3 is 1.96 bits per heavy atom. The van der Waals surface area contributed by atoms with E-state index in [1.807, 2.05) is 60.7 Å². The van der Waals surface area contributed by atoms with E-state index in [0.29, 0.717) is 16.8 Å². The lowest BCUT2D eigenvalue weighted by Gasteiger charge is -2.13. The van der Waals surface area contributed by atoms with Crippen LogP contribution in [-0.2, 0) is 4.79 Å². The highest BCUT2D eigenvalue weighted by Gasteiger charge is 2.34. The first-order valence-corrected chi connectivity index (χ1v) is 8.50. The van der Waals surface area contributed by atoms with Crippen LogP contribution >= 0.6 is 0 Å². The van der Waals surface area contributed by atoms with Crippen LogP contribution in [0.25, 0.3) is 11.1 Å². The molecule has 0 atom stereocenters. The number of likely N-dealkylation sites (N-methyl/N-ethyl adjacent to an activating group) is 1. The second-order valence-corrected chi connectivity index (χ2v) is 6.30. The summed E-state index contributed by atoms with van der Waals surface area (Å²) in [5.41, 5.74) is 4.44. The van der Waals surface area contributed by atoms with Crippen LogP contribution in [0.2, 0.25) is 0 Å². The molecular weight excluding hydrogens is 340 g/mol. The number of anilines is 1. The molecule has 0 radical (unpaired) electrons. The van der Waals surface area contributed by atoms with Crippen LogP contribution in [-0.4, -0.2) is 17.9 Å². The molecule has 1 heterocycles. The number of amides is 1. The zero-order valence-electron chi connectivity index (χ0n) is 14.6. The van der Waals surface area contributed by atoms with E-state index in [0.717, 1.165) is 16.7 Å². The van der Waals surface area contributed by atoms with E-state index in [2.05, 4.69) is 0 Å². The number of benzene rings is 3. The summed E-state index contributed by atoms with van der Waals surface area (Å²) in [6.45, 7) is 0. The summed E-state index contributed by atoms with van der Waals surface area (Å²) in [5.74, 6) is -0.173. The predicted octanol–water partition coefficient (Wildman–Crippen LogP) is 4.53. The normalized spacial score (nSPS) is 12.9. The van der Waals surface area contributed by atoms with Crippen molar-refractivity contribution >= 4 is 28.4 Å². The van der Waals surface area contributed by atoms with Crippen LogP contribution in [0.1, 0.15) is 16.7 Å². The molecule has 0 spiro atoms. The molecule has 27 heavy (non-hydrogen) atoms. The molecule has 3 aromatic carbocycles. The third-order valence-corrected chi connectivity index (χ3v) is 4.72. The fraction of sp³-hybridized carbons (Fsp3) is 0.0455. The number of fused-ring (bicyclic) bond motifs is 1.